The minimum atomic E-state index is -0.771. The molecule has 2 aliphatic heterocycles. The second kappa shape index (κ2) is 9.02. The van der Waals surface area contributed by atoms with Crippen molar-refractivity contribution in [1.29, 1.82) is 0 Å². The zero-order valence-electron chi connectivity index (χ0n) is 18.5. The van der Waals surface area contributed by atoms with Crippen LogP contribution in [0.15, 0.2) is 48.5 Å². The summed E-state index contributed by atoms with van der Waals surface area (Å²) in [5.41, 5.74) is 2.74. The van der Waals surface area contributed by atoms with Crippen LogP contribution < -0.4 is 0 Å². The Hall–Kier alpha value is -3.13. The third-order valence-electron chi connectivity index (χ3n) is 6.62. The summed E-state index contributed by atoms with van der Waals surface area (Å²) in [4.78, 5) is 50.8. The van der Waals surface area contributed by atoms with Crippen molar-refractivity contribution in [2.75, 3.05) is 25.1 Å². The molecule has 170 valence electrons. The summed E-state index contributed by atoms with van der Waals surface area (Å²) in [5, 5.41) is 0. The van der Waals surface area contributed by atoms with E-state index in [0.717, 1.165) is 29.7 Å². The summed E-state index contributed by atoms with van der Waals surface area (Å²) in [6.07, 6.45) is 4.00. The molecule has 3 heterocycles. The molecule has 33 heavy (non-hydrogen) atoms. The smallest absolute Gasteiger partial charge is 0.262 e. The molecule has 5 rings (SSSR count). The first-order chi connectivity index (χ1) is 16.1. The second-order valence-corrected chi connectivity index (χ2v) is 9.55. The number of rotatable bonds is 6. The third kappa shape index (κ3) is 3.93. The molecule has 3 aromatic rings. The number of nitrogens with zero attached hydrogens (tertiary/aromatic N) is 3. The molecule has 0 saturated carbocycles. The number of fused-ring (bicyclic) bond motifs is 2. The Bertz CT molecular complexity index is 1150. The number of carbonyl (C=O) groups excluding carboxylic acids is 3. The monoisotopic (exact) mass is 462 g/mol. The molecule has 0 aliphatic carbocycles. The molecule has 2 aromatic carbocycles. The number of amides is 3. The van der Waals surface area contributed by atoms with Gasteiger partial charge in [0.1, 0.15) is 11.9 Å². The first-order valence-electron chi connectivity index (χ1n) is 11.3. The molecule has 7 nitrogen and oxygen atoms in total. The summed E-state index contributed by atoms with van der Waals surface area (Å²) in [6.45, 7) is 1.17. The molecule has 8 heteroatoms. The lowest BCUT2D eigenvalue weighted by Gasteiger charge is -2.35. The van der Waals surface area contributed by atoms with E-state index < -0.39 is 6.04 Å². The van der Waals surface area contributed by atoms with Crippen LogP contribution in [0.25, 0.3) is 11.0 Å². The fourth-order valence-electron chi connectivity index (χ4n) is 4.83. The van der Waals surface area contributed by atoms with E-state index in [4.69, 9.17) is 4.98 Å². The molecule has 1 atom stereocenters. The van der Waals surface area contributed by atoms with E-state index in [1.165, 1.54) is 4.90 Å². The van der Waals surface area contributed by atoms with E-state index in [9.17, 15) is 14.4 Å². The molecule has 3 amide bonds. The molecule has 1 unspecified atom stereocenters. The number of nitrogens with one attached hydrogen (secondary N) is 1. The quantitative estimate of drug-likeness (QED) is 0.565. The van der Waals surface area contributed by atoms with Gasteiger partial charge in [0.15, 0.2) is 0 Å². The number of carbonyl (C=O) groups is 3. The fourth-order valence-corrected chi connectivity index (χ4v) is 5.29. The Morgan fingerprint density at radius 1 is 1.06 bits per heavy atom. The molecule has 2 aliphatic rings. The number of imidazole rings is 1. The van der Waals surface area contributed by atoms with E-state index >= 15 is 0 Å². The third-order valence-corrected chi connectivity index (χ3v) is 7.26. The fraction of sp³-hybridized carbons (Fsp3) is 0.360. The summed E-state index contributed by atoms with van der Waals surface area (Å²) < 4.78 is 0. The van der Waals surface area contributed by atoms with Crippen LogP contribution in [0.1, 0.15) is 51.7 Å². The van der Waals surface area contributed by atoms with Crippen molar-refractivity contribution in [2.45, 2.75) is 31.2 Å². The van der Waals surface area contributed by atoms with Crippen molar-refractivity contribution in [2.24, 2.45) is 0 Å². The van der Waals surface area contributed by atoms with E-state index in [-0.39, 0.29) is 23.6 Å². The number of benzene rings is 2. The van der Waals surface area contributed by atoms with Crippen molar-refractivity contribution in [3.63, 3.8) is 0 Å². The van der Waals surface area contributed by atoms with Gasteiger partial charge in [0.05, 0.1) is 22.2 Å². The number of H-pyrrole nitrogens is 1. The number of para-hydroxylation sites is 2. The summed E-state index contributed by atoms with van der Waals surface area (Å²) in [6, 6.07) is 14.0. The van der Waals surface area contributed by atoms with Crippen LogP contribution in [0.3, 0.4) is 0 Å². The number of thioether (sulfide) groups is 1. The number of aromatic amines is 1. The number of hydrogen-bond donors (Lipinski definition) is 1. The van der Waals surface area contributed by atoms with Crippen molar-refractivity contribution < 1.29 is 14.4 Å². The first kappa shape index (κ1) is 21.7. The van der Waals surface area contributed by atoms with Crippen LogP contribution in [0.5, 0.6) is 0 Å². The van der Waals surface area contributed by atoms with Crippen molar-refractivity contribution in [3.8, 4) is 0 Å². The lowest BCUT2D eigenvalue weighted by atomic mass is 9.95. The van der Waals surface area contributed by atoms with Gasteiger partial charge in [-0.1, -0.05) is 24.3 Å². The predicted octanol–water partition coefficient (Wildman–Crippen LogP) is 3.69. The highest BCUT2D eigenvalue weighted by Gasteiger charge is 2.44. The van der Waals surface area contributed by atoms with Gasteiger partial charge in [-0.15, -0.1) is 0 Å². The highest BCUT2D eigenvalue weighted by atomic mass is 32.2. The van der Waals surface area contributed by atoms with Crippen LogP contribution in [-0.2, 0) is 4.79 Å². The number of piperidine rings is 1. The van der Waals surface area contributed by atoms with E-state index in [0.29, 0.717) is 36.4 Å². The Labute approximate surface area is 196 Å². The highest BCUT2D eigenvalue weighted by molar-refractivity contribution is 7.98. The molecule has 1 N–H and O–H groups in total. The number of imide groups is 1. The molecule has 1 aromatic heterocycles. The Balaban J connectivity index is 1.31. The molecular formula is C25H26N4O3S. The SMILES string of the molecule is CSCCC(C(=O)N1CCC(c2nc3ccccc3[nH]2)CC1)N1C(=O)c2ccccc2C1=O. The van der Waals surface area contributed by atoms with Gasteiger partial charge in [-0.05, 0) is 55.5 Å². The lowest BCUT2D eigenvalue weighted by Crippen LogP contribution is -2.52. The second-order valence-electron chi connectivity index (χ2n) is 8.56. The van der Waals surface area contributed by atoms with Gasteiger partial charge in [0.2, 0.25) is 5.91 Å². The van der Waals surface area contributed by atoms with E-state index in [2.05, 4.69) is 4.98 Å². The zero-order valence-corrected chi connectivity index (χ0v) is 19.3. The van der Waals surface area contributed by atoms with Gasteiger partial charge < -0.3 is 9.88 Å². The Morgan fingerprint density at radius 2 is 1.70 bits per heavy atom. The highest BCUT2D eigenvalue weighted by Crippen LogP contribution is 2.31. The molecule has 0 bridgehead atoms. The number of aromatic nitrogens is 2. The maximum atomic E-state index is 13.6. The minimum absolute atomic E-state index is 0.137. The van der Waals surface area contributed by atoms with Gasteiger partial charge >= 0.3 is 0 Å². The predicted molar refractivity (Wildman–Crippen MR) is 128 cm³/mol. The van der Waals surface area contributed by atoms with E-state index in [1.807, 2.05) is 35.4 Å². The van der Waals surface area contributed by atoms with Crippen molar-refractivity contribution in [1.82, 2.24) is 19.8 Å². The molecule has 1 saturated heterocycles. The summed E-state index contributed by atoms with van der Waals surface area (Å²) in [7, 11) is 0. The van der Waals surface area contributed by atoms with Crippen LogP contribution >= 0.6 is 11.8 Å². The molecule has 0 spiro atoms. The van der Waals surface area contributed by atoms with Crippen LogP contribution in [0.4, 0.5) is 0 Å². The number of hydrogen-bond acceptors (Lipinski definition) is 5. The van der Waals surface area contributed by atoms with E-state index in [1.54, 1.807) is 36.0 Å². The minimum Gasteiger partial charge on any atom is -0.342 e. The molecule has 0 radical (unpaired) electrons. The first-order valence-corrected chi connectivity index (χ1v) is 12.7. The summed E-state index contributed by atoms with van der Waals surface area (Å²) in [5.74, 6) is 1.04. The topological polar surface area (TPSA) is 86.4 Å². The largest absolute Gasteiger partial charge is 0.342 e. The molecular weight excluding hydrogens is 436 g/mol. The van der Waals surface area contributed by atoms with Gasteiger partial charge in [-0.2, -0.15) is 11.8 Å². The standard InChI is InChI=1S/C25H26N4O3S/c1-33-15-12-21(29-23(30)17-6-2-3-7-18(17)24(29)31)25(32)28-13-10-16(11-14-28)22-26-19-8-4-5-9-20(19)27-22/h2-9,16,21H,10-15H2,1H3,(H,26,27). The maximum Gasteiger partial charge on any atom is 0.262 e. The van der Waals surface area contributed by atoms with Crippen molar-refractivity contribution in [3.05, 3.63) is 65.5 Å². The lowest BCUT2D eigenvalue weighted by molar-refractivity contribution is -0.136. The zero-order chi connectivity index (χ0) is 22.9. The van der Waals surface area contributed by atoms with Crippen molar-refractivity contribution >= 4 is 40.5 Å². The summed E-state index contributed by atoms with van der Waals surface area (Å²) >= 11 is 1.61. The maximum absolute atomic E-state index is 13.6. The average Bonchev–Trinajstić information content (AvgIpc) is 3.39. The number of likely N-dealkylation sites (tertiary alicyclic amines) is 1. The van der Waals surface area contributed by atoms with Gasteiger partial charge in [0.25, 0.3) is 11.8 Å². The average molecular weight is 463 g/mol. The van der Waals surface area contributed by atoms with Crippen LogP contribution in [0, 0.1) is 0 Å². The van der Waals surface area contributed by atoms with Crippen LogP contribution in [-0.4, -0.2) is 68.6 Å². The van der Waals surface area contributed by atoms with Gasteiger partial charge in [0, 0.05) is 19.0 Å². The Morgan fingerprint density at radius 3 is 2.33 bits per heavy atom. The van der Waals surface area contributed by atoms with Gasteiger partial charge in [-0.25, -0.2) is 4.98 Å². The normalized spacial score (nSPS) is 17.6. The molecule has 1 fully saturated rings. The van der Waals surface area contributed by atoms with Gasteiger partial charge in [-0.3, -0.25) is 19.3 Å². The Kier molecular flexibility index (Phi) is 5.93. The van der Waals surface area contributed by atoms with Crippen LogP contribution in [0.2, 0.25) is 0 Å².